The lowest BCUT2D eigenvalue weighted by molar-refractivity contribution is -0.142. The Bertz CT molecular complexity index is 425. The zero-order valence-electron chi connectivity index (χ0n) is 10.0. The average Bonchev–Trinajstić information content (AvgIpc) is 2.52. The Balaban J connectivity index is 2.34. The smallest absolute Gasteiger partial charge is 0.307 e. The van der Waals surface area contributed by atoms with Crippen LogP contribution in [0, 0.1) is 17.6 Å². The topological polar surface area (TPSA) is 37.3 Å². The Morgan fingerprint density at radius 3 is 2.28 bits per heavy atom. The van der Waals surface area contributed by atoms with Gasteiger partial charge in [-0.3, -0.25) is 4.79 Å². The van der Waals surface area contributed by atoms with Crippen LogP contribution in [0.4, 0.5) is 8.78 Å². The first-order chi connectivity index (χ1) is 8.58. The second-order valence-corrected chi connectivity index (χ2v) is 4.89. The van der Waals surface area contributed by atoms with Crippen LogP contribution in [0.2, 0.25) is 0 Å². The lowest BCUT2D eigenvalue weighted by Gasteiger charge is -2.22. The highest BCUT2D eigenvalue weighted by Crippen LogP contribution is 2.37. The van der Waals surface area contributed by atoms with E-state index in [4.69, 9.17) is 0 Å². The summed E-state index contributed by atoms with van der Waals surface area (Å²) in [5.41, 5.74) is 0.474. The average molecular weight is 254 g/mol. The third-order valence-corrected chi connectivity index (χ3v) is 3.65. The van der Waals surface area contributed by atoms with Gasteiger partial charge in [-0.05, 0) is 36.5 Å². The monoisotopic (exact) mass is 254 g/mol. The summed E-state index contributed by atoms with van der Waals surface area (Å²) in [4.78, 5) is 11.3. The predicted octanol–water partition coefficient (Wildman–Crippen LogP) is 3.71. The second-order valence-electron chi connectivity index (χ2n) is 4.89. The van der Waals surface area contributed by atoms with Crippen molar-refractivity contribution in [1.29, 1.82) is 0 Å². The maximum Gasteiger partial charge on any atom is 0.307 e. The van der Waals surface area contributed by atoms with E-state index in [-0.39, 0.29) is 5.92 Å². The molecule has 1 aliphatic rings. The highest BCUT2D eigenvalue weighted by molar-refractivity contribution is 5.71. The van der Waals surface area contributed by atoms with Gasteiger partial charge in [0.1, 0.15) is 11.6 Å². The van der Waals surface area contributed by atoms with E-state index in [0.29, 0.717) is 18.4 Å². The molecule has 0 bridgehead atoms. The lowest BCUT2D eigenvalue weighted by Crippen LogP contribution is -2.21. The van der Waals surface area contributed by atoms with Crippen molar-refractivity contribution in [2.24, 2.45) is 5.92 Å². The SMILES string of the molecule is O=C(O)C1CCCCCC1c1cc(F)cc(F)c1. The highest BCUT2D eigenvalue weighted by atomic mass is 19.1. The van der Waals surface area contributed by atoms with Crippen molar-refractivity contribution in [3.05, 3.63) is 35.4 Å². The fourth-order valence-electron chi connectivity index (χ4n) is 2.79. The number of carbonyl (C=O) groups is 1. The number of rotatable bonds is 2. The molecule has 1 fully saturated rings. The molecule has 1 aromatic rings. The van der Waals surface area contributed by atoms with Crippen LogP contribution in [0.5, 0.6) is 0 Å². The summed E-state index contributed by atoms with van der Waals surface area (Å²) >= 11 is 0. The van der Waals surface area contributed by atoms with Gasteiger partial charge in [0.25, 0.3) is 0 Å². The fraction of sp³-hybridized carbons (Fsp3) is 0.500. The minimum absolute atomic E-state index is 0.282. The van der Waals surface area contributed by atoms with Crippen LogP contribution in [-0.4, -0.2) is 11.1 Å². The van der Waals surface area contributed by atoms with Crippen molar-refractivity contribution >= 4 is 5.97 Å². The molecule has 0 amide bonds. The van der Waals surface area contributed by atoms with Crippen LogP contribution in [0.3, 0.4) is 0 Å². The zero-order chi connectivity index (χ0) is 13.1. The van der Waals surface area contributed by atoms with E-state index in [9.17, 15) is 18.7 Å². The number of carboxylic acids is 1. The van der Waals surface area contributed by atoms with Gasteiger partial charge in [-0.15, -0.1) is 0 Å². The van der Waals surface area contributed by atoms with E-state index in [1.54, 1.807) is 0 Å². The molecule has 0 aliphatic heterocycles. The van der Waals surface area contributed by atoms with Crippen LogP contribution in [-0.2, 0) is 4.79 Å². The molecule has 2 unspecified atom stereocenters. The van der Waals surface area contributed by atoms with Crippen molar-refractivity contribution in [3.63, 3.8) is 0 Å². The molecule has 98 valence electrons. The molecule has 0 radical (unpaired) electrons. The third-order valence-electron chi connectivity index (χ3n) is 3.65. The normalized spacial score (nSPS) is 24.6. The summed E-state index contributed by atoms with van der Waals surface area (Å²) in [7, 11) is 0. The number of hydrogen-bond donors (Lipinski definition) is 1. The van der Waals surface area contributed by atoms with Crippen LogP contribution in [0.15, 0.2) is 18.2 Å². The summed E-state index contributed by atoms with van der Waals surface area (Å²) in [6.45, 7) is 0. The molecular formula is C14H16F2O2. The van der Waals surface area contributed by atoms with E-state index in [0.717, 1.165) is 25.3 Å². The van der Waals surface area contributed by atoms with Gasteiger partial charge in [-0.2, -0.15) is 0 Å². The fourth-order valence-corrected chi connectivity index (χ4v) is 2.79. The van der Waals surface area contributed by atoms with Crippen molar-refractivity contribution < 1.29 is 18.7 Å². The predicted molar refractivity (Wildman–Crippen MR) is 63.3 cm³/mol. The Kier molecular flexibility index (Phi) is 3.94. The third kappa shape index (κ3) is 2.86. The van der Waals surface area contributed by atoms with Crippen LogP contribution >= 0.6 is 0 Å². The molecule has 2 rings (SSSR count). The molecule has 1 N–H and O–H groups in total. The first kappa shape index (κ1) is 13.0. The molecule has 2 nitrogen and oxygen atoms in total. The van der Waals surface area contributed by atoms with Crippen molar-refractivity contribution in [2.75, 3.05) is 0 Å². The van der Waals surface area contributed by atoms with Gasteiger partial charge in [0.05, 0.1) is 5.92 Å². The first-order valence-electron chi connectivity index (χ1n) is 6.26. The Hall–Kier alpha value is -1.45. The standard InChI is InChI=1S/C14H16F2O2/c15-10-6-9(7-11(16)8-10)12-4-2-1-3-5-13(12)14(17)18/h6-8,12-13H,1-5H2,(H,17,18). The molecule has 2 atom stereocenters. The van der Waals surface area contributed by atoms with E-state index in [1.807, 2.05) is 0 Å². The van der Waals surface area contributed by atoms with Gasteiger partial charge in [0, 0.05) is 6.07 Å². The summed E-state index contributed by atoms with van der Waals surface area (Å²) in [6, 6.07) is 3.33. The number of carboxylic acid groups (broad SMARTS) is 1. The largest absolute Gasteiger partial charge is 0.481 e. The Labute approximate surface area is 105 Å². The molecule has 18 heavy (non-hydrogen) atoms. The molecule has 1 aliphatic carbocycles. The van der Waals surface area contributed by atoms with E-state index in [1.165, 1.54) is 12.1 Å². The van der Waals surface area contributed by atoms with Gasteiger partial charge in [0.15, 0.2) is 0 Å². The summed E-state index contributed by atoms with van der Waals surface area (Å²) in [5.74, 6) is -2.97. The van der Waals surface area contributed by atoms with Gasteiger partial charge < -0.3 is 5.11 Å². The van der Waals surface area contributed by atoms with E-state index >= 15 is 0 Å². The maximum absolute atomic E-state index is 13.2. The molecule has 0 spiro atoms. The minimum Gasteiger partial charge on any atom is -0.481 e. The molecule has 0 saturated heterocycles. The molecule has 1 saturated carbocycles. The summed E-state index contributed by atoms with van der Waals surface area (Å²) in [6.07, 6.45) is 4.02. The number of hydrogen-bond acceptors (Lipinski definition) is 1. The van der Waals surface area contributed by atoms with Gasteiger partial charge in [-0.25, -0.2) is 8.78 Å². The number of halogens is 2. The maximum atomic E-state index is 13.2. The summed E-state index contributed by atoms with van der Waals surface area (Å²) < 4.78 is 26.5. The van der Waals surface area contributed by atoms with E-state index < -0.39 is 23.5 Å². The van der Waals surface area contributed by atoms with Gasteiger partial charge in [-0.1, -0.05) is 19.3 Å². The van der Waals surface area contributed by atoms with Gasteiger partial charge in [0.2, 0.25) is 0 Å². The quantitative estimate of drug-likeness (QED) is 0.817. The lowest BCUT2D eigenvalue weighted by atomic mass is 9.82. The van der Waals surface area contributed by atoms with Crippen LogP contribution in [0.1, 0.15) is 43.6 Å². The molecule has 1 aromatic carbocycles. The molecule has 0 heterocycles. The Morgan fingerprint density at radius 2 is 1.67 bits per heavy atom. The molecule has 0 aromatic heterocycles. The van der Waals surface area contributed by atoms with E-state index in [2.05, 4.69) is 0 Å². The molecule has 4 heteroatoms. The van der Waals surface area contributed by atoms with Gasteiger partial charge >= 0.3 is 5.97 Å². The number of aliphatic carboxylic acids is 1. The first-order valence-corrected chi connectivity index (χ1v) is 6.26. The molecular weight excluding hydrogens is 238 g/mol. The van der Waals surface area contributed by atoms with Crippen LogP contribution < -0.4 is 0 Å². The van der Waals surface area contributed by atoms with Crippen molar-refractivity contribution in [3.8, 4) is 0 Å². The van der Waals surface area contributed by atoms with Crippen molar-refractivity contribution in [2.45, 2.75) is 38.0 Å². The zero-order valence-corrected chi connectivity index (χ0v) is 10.0. The Morgan fingerprint density at radius 1 is 1.06 bits per heavy atom. The number of benzene rings is 1. The van der Waals surface area contributed by atoms with Crippen molar-refractivity contribution in [1.82, 2.24) is 0 Å². The summed E-state index contributed by atoms with van der Waals surface area (Å²) in [5, 5.41) is 9.25. The highest BCUT2D eigenvalue weighted by Gasteiger charge is 2.31. The van der Waals surface area contributed by atoms with Crippen LogP contribution in [0.25, 0.3) is 0 Å². The second kappa shape index (κ2) is 5.46. The minimum atomic E-state index is -0.869.